The molecule has 19 nitrogen and oxygen atoms in total. The van der Waals surface area contributed by atoms with Crippen LogP contribution in [0.5, 0.6) is 0 Å². The second-order valence-electron chi connectivity index (χ2n) is 22.5. The molecule has 81 heavy (non-hydrogen) atoms. The van der Waals surface area contributed by atoms with Crippen molar-refractivity contribution in [3.63, 3.8) is 0 Å². The van der Waals surface area contributed by atoms with Gasteiger partial charge in [0.2, 0.25) is 5.91 Å². The number of aliphatic hydroxyl groups excluding tert-OH is 11. The summed E-state index contributed by atoms with van der Waals surface area (Å²) in [5.41, 5.74) is 0. The van der Waals surface area contributed by atoms with Crippen LogP contribution in [-0.2, 0) is 33.2 Å². The first-order valence-corrected chi connectivity index (χ1v) is 31.4. The number of rotatable bonds is 46. The van der Waals surface area contributed by atoms with Crippen LogP contribution in [0.1, 0.15) is 206 Å². The van der Waals surface area contributed by atoms with Crippen LogP contribution >= 0.6 is 0 Å². The number of hydrogen-bond acceptors (Lipinski definition) is 18. The van der Waals surface area contributed by atoms with Crippen LogP contribution in [-0.4, -0.2) is 193 Å². The Morgan fingerprint density at radius 1 is 0.444 bits per heavy atom. The van der Waals surface area contributed by atoms with Gasteiger partial charge in [-0.1, -0.05) is 191 Å². The number of nitrogens with one attached hydrogen (secondary N) is 1. The molecule has 1 amide bonds. The second kappa shape index (κ2) is 45.1. The van der Waals surface area contributed by atoms with Crippen molar-refractivity contribution in [2.75, 3.05) is 26.4 Å². The largest absolute Gasteiger partial charge is 0.394 e. The highest BCUT2D eigenvalue weighted by atomic mass is 16.8. The van der Waals surface area contributed by atoms with Gasteiger partial charge in [-0.2, -0.15) is 0 Å². The van der Waals surface area contributed by atoms with E-state index in [2.05, 4.69) is 55.6 Å². The summed E-state index contributed by atoms with van der Waals surface area (Å²) < 4.78 is 34.2. The fourth-order valence-corrected chi connectivity index (χ4v) is 10.4. The van der Waals surface area contributed by atoms with E-state index in [0.29, 0.717) is 6.42 Å². The van der Waals surface area contributed by atoms with Gasteiger partial charge in [-0.25, -0.2) is 0 Å². The van der Waals surface area contributed by atoms with Gasteiger partial charge >= 0.3 is 0 Å². The van der Waals surface area contributed by atoms with Crippen LogP contribution in [0.4, 0.5) is 0 Å². The van der Waals surface area contributed by atoms with E-state index in [0.717, 1.165) is 70.6 Å². The minimum absolute atomic E-state index is 0.234. The highest BCUT2D eigenvalue weighted by Crippen LogP contribution is 2.33. The summed E-state index contributed by atoms with van der Waals surface area (Å²) in [5.74, 6) is -0.285. The molecule has 0 aromatic rings. The van der Waals surface area contributed by atoms with E-state index in [1.54, 1.807) is 6.08 Å². The summed E-state index contributed by atoms with van der Waals surface area (Å²) >= 11 is 0. The van der Waals surface area contributed by atoms with Crippen LogP contribution < -0.4 is 5.32 Å². The molecule has 3 rings (SSSR count). The summed E-state index contributed by atoms with van der Waals surface area (Å²) in [6, 6.07) is -0.977. The first-order chi connectivity index (χ1) is 39.3. The fraction of sp³-hybridized carbons (Fsp3) is 0.855. The van der Waals surface area contributed by atoms with Crippen molar-refractivity contribution < 1.29 is 89.4 Å². The molecule has 0 aliphatic carbocycles. The van der Waals surface area contributed by atoms with E-state index in [1.165, 1.54) is 109 Å². The van der Waals surface area contributed by atoms with Gasteiger partial charge in [-0.05, 0) is 57.8 Å². The van der Waals surface area contributed by atoms with E-state index in [1.807, 2.05) is 6.08 Å². The van der Waals surface area contributed by atoms with Gasteiger partial charge in [-0.3, -0.25) is 4.79 Å². The summed E-state index contributed by atoms with van der Waals surface area (Å²) in [6.45, 7) is 1.69. The van der Waals surface area contributed by atoms with Crippen molar-refractivity contribution in [3.8, 4) is 0 Å². The maximum absolute atomic E-state index is 13.3. The zero-order chi connectivity index (χ0) is 59.0. The zero-order valence-electron chi connectivity index (χ0n) is 49.3. The maximum Gasteiger partial charge on any atom is 0.220 e. The standard InChI is InChI=1S/C62H111NO18/c1-3-5-7-9-11-13-15-17-18-19-20-21-22-23-24-25-26-28-30-32-34-36-38-40-50(68)63-45(46(67)39-37-35-33-31-29-27-16-14-12-10-8-6-4-2)44-76-60-56(74)53(71)58(48(42-65)78-60)81-62-57(75)54(72)59(49(43-66)79-62)80-61-55(73)52(70)51(69)47(41-64)77-61/h15,17,19-20,22-23,37,39,45-49,51-62,64-67,69-75H,3-14,16,18,21,24-36,38,40-44H2,1-2H3,(H,63,68)/b17-15-,20-19-,23-22-,39-37+. The van der Waals surface area contributed by atoms with Gasteiger partial charge in [0.05, 0.1) is 38.6 Å². The number of hydrogen-bond donors (Lipinski definition) is 12. The van der Waals surface area contributed by atoms with Crippen molar-refractivity contribution in [1.82, 2.24) is 5.32 Å². The average molecular weight is 1160 g/mol. The predicted octanol–water partition coefficient (Wildman–Crippen LogP) is 6.26. The molecule has 0 saturated carbocycles. The van der Waals surface area contributed by atoms with Crippen molar-refractivity contribution >= 4 is 5.91 Å². The molecule has 17 unspecified atom stereocenters. The number of allylic oxidation sites excluding steroid dienone is 7. The molecule has 17 atom stereocenters. The molecule has 0 radical (unpaired) electrons. The number of carbonyl (C=O) groups is 1. The summed E-state index contributed by atoms with van der Waals surface area (Å²) in [5, 5.41) is 120. The van der Waals surface area contributed by atoms with Crippen molar-refractivity contribution in [2.24, 2.45) is 0 Å². The number of carbonyl (C=O) groups excluding carboxylic acids is 1. The fourth-order valence-electron chi connectivity index (χ4n) is 10.4. The Hall–Kier alpha value is -2.25. The molecule has 12 N–H and O–H groups in total. The molecule has 472 valence electrons. The lowest BCUT2D eigenvalue weighted by molar-refractivity contribution is -0.379. The molecule has 3 aliphatic heterocycles. The molecule has 3 heterocycles. The lowest BCUT2D eigenvalue weighted by Crippen LogP contribution is -2.66. The van der Waals surface area contributed by atoms with Gasteiger partial charge in [0, 0.05) is 6.42 Å². The minimum Gasteiger partial charge on any atom is -0.394 e. The predicted molar refractivity (Wildman–Crippen MR) is 309 cm³/mol. The van der Waals surface area contributed by atoms with E-state index < -0.39 is 124 Å². The Morgan fingerprint density at radius 2 is 0.815 bits per heavy atom. The van der Waals surface area contributed by atoms with E-state index in [9.17, 15) is 61.0 Å². The highest BCUT2D eigenvalue weighted by molar-refractivity contribution is 5.76. The molecular formula is C62H111NO18. The smallest absolute Gasteiger partial charge is 0.220 e. The summed E-state index contributed by atoms with van der Waals surface area (Å²) in [6.07, 6.45) is 23.7. The minimum atomic E-state index is -1.98. The molecule has 3 fully saturated rings. The van der Waals surface area contributed by atoms with Gasteiger partial charge in [0.1, 0.15) is 73.2 Å². The summed E-state index contributed by atoms with van der Waals surface area (Å²) in [4.78, 5) is 13.3. The van der Waals surface area contributed by atoms with Crippen LogP contribution in [0, 0.1) is 0 Å². The average Bonchev–Trinajstić information content (AvgIpc) is 3.57. The molecule has 0 spiro atoms. The summed E-state index contributed by atoms with van der Waals surface area (Å²) in [7, 11) is 0. The lowest BCUT2D eigenvalue weighted by Gasteiger charge is -2.48. The molecule has 0 aromatic heterocycles. The van der Waals surface area contributed by atoms with Gasteiger partial charge < -0.3 is 89.9 Å². The van der Waals surface area contributed by atoms with Gasteiger partial charge in [-0.15, -0.1) is 0 Å². The molecule has 3 saturated heterocycles. The van der Waals surface area contributed by atoms with Crippen LogP contribution in [0.25, 0.3) is 0 Å². The third-order valence-corrected chi connectivity index (χ3v) is 15.6. The van der Waals surface area contributed by atoms with Gasteiger partial charge in [0.15, 0.2) is 18.9 Å². The lowest BCUT2D eigenvalue weighted by atomic mass is 9.96. The third kappa shape index (κ3) is 28.7. The normalized spacial score (nSPS) is 30.1. The number of unbranched alkanes of at least 4 members (excludes halogenated alkanes) is 24. The highest BCUT2D eigenvalue weighted by Gasteiger charge is 2.53. The second-order valence-corrected chi connectivity index (χ2v) is 22.5. The molecular weight excluding hydrogens is 1050 g/mol. The Kier molecular flexibility index (Phi) is 40.7. The Bertz CT molecular complexity index is 1670. The Balaban J connectivity index is 1.47. The van der Waals surface area contributed by atoms with E-state index in [4.69, 9.17) is 28.4 Å². The number of ether oxygens (including phenoxy) is 6. The van der Waals surface area contributed by atoms with Crippen molar-refractivity contribution in [3.05, 3.63) is 48.6 Å². The molecule has 3 aliphatic rings. The third-order valence-electron chi connectivity index (χ3n) is 15.6. The Labute approximate surface area is 484 Å². The van der Waals surface area contributed by atoms with Gasteiger partial charge in [0.25, 0.3) is 0 Å². The van der Waals surface area contributed by atoms with Crippen molar-refractivity contribution in [2.45, 2.75) is 311 Å². The monoisotopic (exact) mass is 1160 g/mol. The zero-order valence-corrected chi connectivity index (χ0v) is 49.3. The van der Waals surface area contributed by atoms with Crippen LogP contribution in [0.15, 0.2) is 48.6 Å². The number of aliphatic hydroxyl groups is 11. The first kappa shape index (κ1) is 73.0. The van der Waals surface area contributed by atoms with Crippen LogP contribution in [0.3, 0.4) is 0 Å². The first-order valence-electron chi connectivity index (χ1n) is 31.4. The quantitative estimate of drug-likeness (QED) is 0.0236. The van der Waals surface area contributed by atoms with E-state index >= 15 is 0 Å². The molecule has 0 aromatic carbocycles. The topological polar surface area (TPSA) is 307 Å². The van der Waals surface area contributed by atoms with Crippen LogP contribution in [0.2, 0.25) is 0 Å². The maximum atomic E-state index is 13.3. The molecule has 19 heteroatoms. The van der Waals surface area contributed by atoms with Crippen molar-refractivity contribution in [1.29, 1.82) is 0 Å². The number of amides is 1. The molecule has 0 bridgehead atoms. The SMILES string of the molecule is CCCCCCC/C=C\C/C=C\C/C=C\CCCCCCCCCCC(=O)NC(COC1OC(CO)C(OC2OC(CO)C(OC3OC(CO)C(O)C(O)C3O)C(O)C2O)C(O)C1O)C(O)/C=C/CCCCCCCCCCCCC. The Morgan fingerprint density at radius 3 is 1.27 bits per heavy atom. The van der Waals surface area contributed by atoms with E-state index in [-0.39, 0.29) is 18.9 Å².